The van der Waals surface area contributed by atoms with E-state index in [9.17, 15) is 19.7 Å². The van der Waals surface area contributed by atoms with E-state index in [1.807, 2.05) is 6.92 Å². The van der Waals surface area contributed by atoms with Gasteiger partial charge in [0.2, 0.25) is 0 Å². The van der Waals surface area contributed by atoms with E-state index in [1.165, 1.54) is 12.1 Å². The van der Waals surface area contributed by atoms with Crippen LogP contribution in [0.1, 0.15) is 34.6 Å². The number of carbonyl (C=O) groups excluding carboxylic acids is 2. The van der Waals surface area contributed by atoms with Crippen LogP contribution < -0.4 is 5.32 Å². The summed E-state index contributed by atoms with van der Waals surface area (Å²) in [6.07, 6.45) is 0. The van der Waals surface area contributed by atoms with Crippen LogP contribution in [0.4, 0.5) is 5.69 Å². The summed E-state index contributed by atoms with van der Waals surface area (Å²) in [5.74, 6) is -1.01. The van der Waals surface area contributed by atoms with Gasteiger partial charge in [0.15, 0.2) is 0 Å². The number of ether oxygens (including phenoxy) is 1. The summed E-state index contributed by atoms with van der Waals surface area (Å²) in [6, 6.07) is 3.81. The van der Waals surface area contributed by atoms with Crippen molar-refractivity contribution in [1.82, 2.24) is 10.2 Å². The number of rotatable bonds is 4. The van der Waals surface area contributed by atoms with Crippen molar-refractivity contribution in [2.75, 3.05) is 26.2 Å². The minimum Gasteiger partial charge on any atom is -0.462 e. The third-order valence-electron chi connectivity index (χ3n) is 3.54. The number of amides is 1. The summed E-state index contributed by atoms with van der Waals surface area (Å²) < 4.78 is 4.86. The molecule has 8 heteroatoms. The topological polar surface area (TPSA) is 102 Å². The van der Waals surface area contributed by atoms with E-state index in [0.717, 1.165) is 6.07 Å². The first-order chi connectivity index (χ1) is 10.9. The Morgan fingerprint density at radius 1 is 1.39 bits per heavy atom. The Balaban J connectivity index is 2.34. The highest BCUT2D eigenvalue weighted by Gasteiger charge is 2.25. The van der Waals surface area contributed by atoms with Crippen molar-refractivity contribution in [2.45, 2.75) is 19.9 Å². The highest BCUT2D eigenvalue weighted by molar-refractivity contribution is 5.99. The summed E-state index contributed by atoms with van der Waals surface area (Å²) in [6.45, 7) is 5.43. The van der Waals surface area contributed by atoms with Gasteiger partial charge < -0.3 is 15.0 Å². The highest BCUT2D eigenvalue weighted by Crippen LogP contribution is 2.20. The molecule has 1 aliphatic rings. The Kier molecular flexibility index (Phi) is 5.28. The molecule has 1 amide bonds. The number of hydrogen-bond acceptors (Lipinski definition) is 6. The van der Waals surface area contributed by atoms with Crippen LogP contribution in [-0.2, 0) is 4.74 Å². The van der Waals surface area contributed by atoms with Crippen LogP contribution in [0.5, 0.6) is 0 Å². The Bertz CT molecular complexity index is 632. The maximum atomic E-state index is 12.6. The standard InChI is InChI=1S/C15H19N3O5/c1-3-23-15(20)12-6-11(7-13(8-12)18(21)22)14(19)17-5-4-16-10(2)9-17/h6-8,10,16H,3-5,9H2,1-2H3/t10-/m1/s1. The van der Waals surface area contributed by atoms with Gasteiger partial charge >= 0.3 is 5.97 Å². The summed E-state index contributed by atoms with van der Waals surface area (Å²) in [5, 5.41) is 14.3. The largest absolute Gasteiger partial charge is 0.462 e. The fourth-order valence-corrected chi connectivity index (χ4v) is 2.47. The molecule has 0 aliphatic carbocycles. The Labute approximate surface area is 133 Å². The van der Waals surface area contributed by atoms with Crippen molar-refractivity contribution < 1.29 is 19.2 Å². The van der Waals surface area contributed by atoms with Crippen LogP contribution in [0.2, 0.25) is 0 Å². The van der Waals surface area contributed by atoms with Crippen LogP contribution in [0.15, 0.2) is 18.2 Å². The maximum absolute atomic E-state index is 12.6. The van der Waals surface area contributed by atoms with Crippen molar-refractivity contribution in [3.63, 3.8) is 0 Å². The molecule has 8 nitrogen and oxygen atoms in total. The SMILES string of the molecule is CCOC(=O)c1cc(C(=O)N2CCN[C@H](C)C2)cc([N+](=O)[O-])c1. The van der Waals surface area contributed by atoms with Gasteiger partial charge in [-0.2, -0.15) is 0 Å². The van der Waals surface area contributed by atoms with Gasteiger partial charge in [-0.1, -0.05) is 0 Å². The van der Waals surface area contributed by atoms with E-state index in [1.54, 1.807) is 11.8 Å². The second kappa shape index (κ2) is 7.19. The summed E-state index contributed by atoms with van der Waals surface area (Å²) in [7, 11) is 0. The number of nitro benzene ring substituents is 1. The molecule has 0 spiro atoms. The molecular weight excluding hydrogens is 302 g/mol. The van der Waals surface area contributed by atoms with Gasteiger partial charge in [-0.15, -0.1) is 0 Å². The van der Waals surface area contributed by atoms with Crippen molar-refractivity contribution in [2.24, 2.45) is 0 Å². The monoisotopic (exact) mass is 321 g/mol. The second-order valence-electron chi connectivity index (χ2n) is 5.35. The number of nitro groups is 1. The molecule has 1 heterocycles. The lowest BCUT2D eigenvalue weighted by Gasteiger charge is -2.32. The lowest BCUT2D eigenvalue weighted by molar-refractivity contribution is -0.384. The maximum Gasteiger partial charge on any atom is 0.338 e. The van der Waals surface area contributed by atoms with Crippen molar-refractivity contribution in [1.29, 1.82) is 0 Å². The predicted octanol–water partition coefficient (Wildman–Crippen LogP) is 1.21. The lowest BCUT2D eigenvalue weighted by Crippen LogP contribution is -2.51. The third-order valence-corrected chi connectivity index (χ3v) is 3.54. The molecule has 23 heavy (non-hydrogen) atoms. The molecular formula is C15H19N3O5. The highest BCUT2D eigenvalue weighted by atomic mass is 16.6. The van der Waals surface area contributed by atoms with Crippen LogP contribution in [-0.4, -0.2) is 54.0 Å². The predicted molar refractivity (Wildman–Crippen MR) is 82.4 cm³/mol. The minimum absolute atomic E-state index is 0.00702. The molecule has 1 fully saturated rings. The molecule has 0 saturated carbocycles. The third kappa shape index (κ3) is 4.04. The van der Waals surface area contributed by atoms with E-state index in [0.29, 0.717) is 19.6 Å². The molecule has 1 saturated heterocycles. The number of benzene rings is 1. The molecule has 1 aliphatic heterocycles. The van der Waals surface area contributed by atoms with Gasteiger partial charge in [-0.25, -0.2) is 4.79 Å². The summed E-state index contributed by atoms with van der Waals surface area (Å²) in [4.78, 5) is 36.5. The fourth-order valence-electron chi connectivity index (χ4n) is 2.47. The van der Waals surface area contributed by atoms with E-state index < -0.39 is 10.9 Å². The minimum atomic E-state index is -0.682. The van der Waals surface area contributed by atoms with Crippen LogP contribution in [0, 0.1) is 10.1 Å². The molecule has 1 N–H and O–H groups in total. The first kappa shape index (κ1) is 16.9. The van der Waals surface area contributed by atoms with Crippen molar-refractivity contribution in [3.8, 4) is 0 Å². The van der Waals surface area contributed by atoms with E-state index in [-0.39, 0.29) is 35.4 Å². The molecule has 124 valence electrons. The number of hydrogen-bond donors (Lipinski definition) is 1. The van der Waals surface area contributed by atoms with Crippen molar-refractivity contribution in [3.05, 3.63) is 39.4 Å². The van der Waals surface area contributed by atoms with Gasteiger partial charge in [0.1, 0.15) is 0 Å². The molecule has 0 radical (unpaired) electrons. The quantitative estimate of drug-likeness (QED) is 0.508. The Morgan fingerprint density at radius 3 is 2.70 bits per heavy atom. The van der Waals surface area contributed by atoms with E-state index >= 15 is 0 Å². The smallest absolute Gasteiger partial charge is 0.338 e. The average molecular weight is 321 g/mol. The van der Waals surface area contributed by atoms with Gasteiger partial charge in [-0.3, -0.25) is 14.9 Å². The van der Waals surface area contributed by atoms with E-state index in [2.05, 4.69) is 5.32 Å². The lowest BCUT2D eigenvalue weighted by atomic mass is 10.1. The number of nitrogens with zero attached hydrogens (tertiary/aromatic N) is 2. The fraction of sp³-hybridized carbons (Fsp3) is 0.467. The zero-order valence-corrected chi connectivity index (χ0v) is 13.1. The Morgan fingerprint density at radius 2 is 2.09 bits per heavy atom. The van der Waals surface area contributed by atoms with Crippen LogP contribution in [0.25, 0.3) is 0 Å². The first-order valence-corrected chi connectivity index (χ1v) is 7.41. The van der Waals surface area contributed by atoms with Crippen molar-refractivity contribution >= 4 is 17.6 Å². The molecule has 1 atom stereocenters. The molecule has 1 aromatic rings. The second-order valence-corrected chi connectivity index (χ2v) is 5.35. The Hall–Kier alpha value is -2.48. The molecule has 0 bridgehead atoms. The zero-order valence-electron chi connectivity index (χ0n) is 13.1. The van der Waals surface area contributed by atoms with Crippen LogP contribution in [0.3, 0.4) is 0 Å². The number of carbonyl (C=O) groups is 2. The summed E-state index contributed by atoms with van der Waals surface area (Å²) in [5.41, 5.74) is -0.175. The first-order valence-electron chi connectivity index (χ1n) is 7.41. The summed E-state index contributed by atoms with van der Waals surface area (Å²) >= 11 is 0. The molecule has 2 rings (SSSR count). The zero-order chi connectivity index (χ0) is 17.0. The van der Waals surface area contributed by atoms with Crippen LogP contribution >= 0.6 is 0 Å². The van der Waals surface area contributed by atoms with Gasteiger partial charge in [0.05, 0.1) is 17.1 Å². The number of esters is 1. The van der Waals surface area contributed by atoms with Gasteiger partial charge in [-0.05, 0) is 19.9 Å². The molecule has 0 unspecified atom stereocenters. The number of non-ortho nitro benzene ring substituents is 1. The average Bonchev–Trinajstić information content (AvgIpc) is 2.54. The number of piperazine rings is 1. The van der Waals surface area contributed by atoms with E-state index in [4.69, 9.17) is 4.74 Å². The van der Waals surface area contributed by atoms with Gasteiger partial charge in [0.25, 0.3) is 11.6 Å². The molecule has 0 aromatic heterocycles. The van der Waals surface area contributed by atoms with Gasteiger partial charge in [0, 0.05) is 43.4 Å². The molecule has 1 aromatic carbocycles. The number of nitrogens with one attached hydrogen (secondary N) is 1. The normalized spacial score (nSPS) is 17.7.